The molecule has 0 unspecified atom stereocenters. The lowest BCUT2D eigenvalue weighted by Crippen LogP contribution is -2.50. The molecule has 9 heteroatoms. The van der Waals surface area contributed by atoms with Gasteiger partial charge in [-0.25, -0.2) is 0 Å². The Morgan fingerprint density at radius 1 is 1.21 bits per heavy atom. The van der Waals surface area contributed by atoms with Crippen molar-refractivity contribution in [1.82, 2.24) is 15.0 Å². The van der Waals surface area contributed by atoms with E-state index in [0.717, 1.165) is 4.88 Å². The van der Waals surface area contributed by atoms with Gasteiger partial charge in [-0.05, 0) is 24.8 Å². The highest BCUT2D eigenvalue weighted by Crippen LogP contribution is 2.14. The Morgan fingerprint density at radius 3 is 2.64 bits per heavy atom. The quantitative estimate of drug-likeness (QED) is 0.678. The molecule has 0 bridgehead atoms. The number of Topliss-reactive ketones (excluding diaryl/α,β-unsaturated/α-hetero) is 1. The number of aryl methyl sites for hydroxylation is 1. The van der Waals surface area contributed by atoms with Crippen LogP contribution in [0.1, 0.15) is 34.7 Å². The van der Waals surface area contributed by atoms with Crippen LogP contribution in [0.3, 0.4) is 0 Å². The molecule has 0 atom stereocenters. The molecule has 2 aromatic heterocycles. The van der Waals surface area contributed by atoms with Crippen LogP contribution in [0.15, 0.2) is 28.1 Å². The number of nitrogens with one attached hydrogen (secondary N) is 1. The van der Waals surface area contributed by atoms with Gasteiger partial charge in [0.25, 0.3) is 0 Å². The largest absolute Gasteiger partial charge is 0.360 e. The van der Waals surface area contributed by atoms with Crippen molar-refractivity contribution in [2.75, 3.05) is 38.0 Å². The van der Waals surface area contributed by atoms with E-state index in [2.05, 4.69) is 10.5 Å². The van der Waals surface area contributed by atoms with E-state index in [1.54, 1.807) is 13.0 Å². The molecule has 0 saturated carbocycles. The fourth-order valence-corrected chi connectivity index (χ4v) is 3.78. The average Bonchev–Trinajstić information content (AvgIpc) is 3.34. The maximum atomic E-state index is 12.3. The number of thiophene rings is 1. The molecule has 3 rings (SSSR count). The number of ketones is 1. The van der Waals surface area contributed by atoms with Gasteiger partial charge >= 0.3 is 0 Å². The number of carbonyl (C=O) groups excluding carboxylic acids is 3. The second-order valence-corrected chi connectivity index (χ2v) is 7.73. The van der Waals surface area contributed by atoms with E-state index in [9.17, 15) is 14.4 Å². The standard InChI is InChI=1S/C19H24N4O4S/c1-14-12-17(21-27-14)20-18(25)13-22-7-9-23(10-8-22)19(26)6-2-4-15(24)16-5-3-11-28-16/h3,5,11-12H,2,4,6-10,13H2,1H3,(H,20,21,25). The Morgan fingerprint density at radius 2 is 2.00 bits per heavy atom. The number of piperazine rings is 1. The highest BCUT2D eigenvalue weighted by molar-refractivity contribution is 7.12. The van der Waals surface area contributed by atoms with Crippen LogP contribution in [0.4, 0.5) is 5.82 Å². The van der Waals surface area contributed by atoms with Crippen molar-refractivity contribution in [3.05, 3.63) is 34.2 Å². The van der Waals surface area contributed by atoms with E-state index in [4.69, 9.17) is 4.52 Å². The third-order valence-electron chi connectivity index (χ3n) is 4.58. The van der Waals surface area contributed by atoms with E-state index in [0.29, 0.717) is 57.0 Å². The normalized spacial score (nSPS) is 14.8. The molecular formula is C19H24N4O4S. The van der Waals surface area contributed by atoms with Gasteiger partial charge in [-0.2, -0.15) is 0 Å². The van der Waals surface area contributed by atoms with Crippen LogP contribution < -0.4 is 5.32 Å². The number of carbonyl (C=O) groups is 3. The molecule has 1 N–H and O–H groups in total. The summed E-state index contributed by atoms with van der Waals surface area (Å²) in [5, 5.41) is 8.32. The monoisotopic (exact) mass is 404 g/mol. The molecule has 2 aromatic rings. The van der Waals surface area contributed by atoms with Gasteiger partial charge in [-0.3, -0.25) is 19.3 Å². The van der Waals surface area contributed by atoms with Crippen LogP contribution in [0.25, 0.3) is 0 Å². The summed E-state index contributed by atoms with van der Waals surface area (Å²) >= 11 is 1.43. The van der Waals surface area contributed by atoms with Crippen molar-refractivity contribution in [2.24, 2.45) is 0 Å². The first kappa shape index (κ1) is 20.2. The first-order chi connectivity index (χ1) is 13.5. The zero-order valence-corrected chi connectivity index (χ0v) is 16.7. The van der Waals surface area contributed by atoms with Gasteiger partial charge in [-0.1, -0.05) is 11.2 Å². The molecule has 150 valence electrons. The van der Waals surface area contributed by atoms with Crippen molar-refractivity contribution in [3.63, 3.8) is 0 Å². The summed E-state index contributed by atoms with van der Waals surface area (Å²) in [4.78, 5) is 40.9. The van der Waals surface area contributed by atoms with Crippen LogP contribution in [0.5, 0.6) is 0 Å². The highest BCUT2D eigenvalue weighted by atomic mass is 32.1. The molecule has 1 aliphatic heterocycles. The van der Waals surface area contributed by atoms with Gasteiger partial charge in [0.1, 0.15) is 5.76 Å². The number of rotatable bonds is 8. The van der Waals surface area contributed by atoms with Crippen molar-refractivity contribution in [1.29, 1.82) is 0 Å². The number of nitrogens with zero attached hydrogens (tertiary/aromatic N) is 3. The Balaban J connectivity index is 1.33. The number of aromatic nitrogens is 1. The smallest absolute Gasteiger partial charge is 0.239 e. The van der Waals surface area contributed by atoms with Crippen LogP contribution in [-0.4, -0.2) is 65.3 Å². The van der Waals surface area contributed by atoms with Crippen LogP contribution >= 0.6 is 11.3 Å². The maximum Gasteiger partial charge on any atom is 0.239 e. The van der Waals surface area contributed by atoms with Crippen LogP contribution in [-0.2, 0) is 9.59 Å². The van der Waals surface area contributed by atoms with E-state index in [1.165, 1.54) is 11.3 Å². The van der Waals surface area contributed by atoms with E-state index < -0.39 is 0 Å². The summed E-state index contributed by atoms with van der Waals surface area (Å²) in [6, 6.07) is 5.33. The summed E-state index contributed by atoms with van der Waals surface area (Å²) in [6.45, 7) is 4.48. The van der Waals surface area contributed by atoms with Gasteiger partial charge in [0.05, 0.1) is 11.4 Å². The summed E-state index contributed by atoms with van der Waals surface area (Å²) in [5.41, 5.74) is 0. The molecule has 0 radical (unpaired) electrons. The Hall–Kier alpha value is -2.52. The van der Waals surface area contributed by atoms with E-state index in [-0.39, 0.29) is 24.1 Å². The molecule has 2 amide bonds. The molecule has 0 aliphatic carbocycles. The SMILES string of the molecule is Cc1cc(NC(=O)CN2CCN(C(=O)CCCC(=O)c3cccs3)CC2)no1. The average molecular weight is 404 g/mol. The number of hydrogen-bond donors (Lipinski definition) is 1. The first-order valence-electron chi connectivity index (χ1n) is 9.31. The molecule has 1 fully saturated rings. The van der Waals surface area contributed by atoms with Gasteiger partial charge in [0.15, 0.2) is 11.6 Å². The summed E-state index contributed by atoms with van der Waals surface area (Å²) < 4.78 is 4.92. The summed E-state index contributed by atoms with van der Waals surface area (Å²) in [5.74, 6) is 1.06. The zero-order valence-electron chi connectivity index (χ0n) is 15.8. The molecule has 28 heavy (non-hydrogen) atoms. The predicted octanol–water partition coefficient (Wildman–Crippen LogP) is 2.18. The van der Waals surface area contributed by atoms with Crippen LogP contribution in [0, 0.1) is 6.92 Å². The molecular weight excluding hydrogens is 380 g/mol. The predicted molar refractivity (Wildman–Crippen MR) is 105 cm³/mol. The zero-order chi connectivity index (χ0) is 19.9. The van der Waals surface area contributed by atoms with Gasteiger partial charge < -0.3 is 14.7 Å². The Bertz CT molecular complexity index is 810. The van der Waals surface area contributed by atoms with E-state index >= 15 is 0 Å². The van der Waals surface area contributed by atoms with Crippen molar-refractivity contribution >= 4 is 34.8 Å². The number of amides is 2. The first-order valence-corrected chi connectivity index (χ1v) is 10.2. The minimum absolute atomic E-state index is 0.0705. The second-order valence-electron chi connectivity index (χ2n) is 6.78. The second kappa shape index (κ2) is 9.61. The maximum absolute atomic E-state index is 12.3. The van der Waals surface area contributed by atoms with Crippen molar-refractivity contribution < 1.29 is 18.9 Å². The third-order valence-corrected chi connectivity index (χ3v) is 5.49. The topological polar surface area (TPSA) is 95.8 Å². The number of hydrogen-bond acceptors (Lipinski definition) is 7. The van der Waals surface area contributed by atoms with Gasteiger partial charge in [0.2, 0.25) is 11.8 Å². The molecule has 3 heterocycles. The van der Waals surface area contributed by atoms with Crippen molar-refractivity contribution in [3.8, 4) is 0 Å². The lowest BCUT2D eigenvalue weighted by Gasteiger charge is -2.34. The third kappa shape index (κ3) is 5.74. The van der Waals surface area contributed by atoms with Gasteiger partial charge in [0, 0.05) is 45.1 Å². The summed E-state index contributed by atoms with van der Waals surface area (Å²) in [6.07, 6.45) is 1.34. The lowest BCUT2D eigenvalue weighted by molar-refractivity contribution is -0.133. The van der Waals surface area contributed by atoms with Gasteiger partial charge in [-0.15, -0.1) is 11.3 Å². The molecule has 8 nitrogen and oxygen atoms in total. The molecule has 0 aromatic carbocycles. The molecule has 1 saturated heterocycles. The molecule has 1 aliphatic rings. The minimum atomic E-state index is -0.153. The fraction of sp³-hybridized carbons (Fsp3) is 0.474. The Labute approximate surface area is 167 Å². The highest BCUT2D eigenvalue weighted by Gasteiger charge is 2.22. The minimum Gasteiger partial charge on any atom is -0.360 e. The Kier molecular flexibility index (Phi) is 6.94. The number of anilines is 1. The van der Waals surface area contributed by atoms with E-state index in [1.807, 2.05) is 27.3 Å². The van der Waals surface area contributed by atoms with Crippen molar-refractivity contribution in [2.45, 2.75) is 26.2 Å². The van der Waals surface area contributed by atoms with Crippen LogP contribution in [0.2, 0.25) is 0 Å². The fourth-order valence-electron chi connectivity index (χ4n) is 3.08. The molecule has 0 spiro atoms. The summed E-state index contributed by atoms with van der Waals surface area (Å²) in [7, 11) is 0. The lowest BCUT2D eigenvalue weighted by atomic mass is 10.1.